The molecule has 0 heterocycles. The minimum atomic E-state index is 1.24. The van der Waals surface area contributed by atoms with Crippen molar-refractivity contribution >= 4 is 11.4 Å². The molecule has 0 spiro atoms. The highest BCUT2D eigenvalue weighted by molar-refractivity contribution is 5.86. The van der Waals surface area contributed by atoms with Crippen LogP contribution < -0.4 is 5.32 Å². The number of para-hydroxylation sites is 1. The second kappa shape index (κ2) is 7.84. The van der Waals surface area contributed by atoms with Crippen LogP contribution in [0.25, 0.3) is 22.3 Å². The molecule has 138 valence electrons. The van der Waals surface area contributed by atoms with E-state index in [1.54, 1.807) is 0 Å². The molecule has 0 aliphatic carbocycles. The fourth-order valence-corrected chi connectivity index (χ4v) is 4.02. The van der Waals surface area contributed by atoms with Crippen LogP contribution in [0.4, 0.5) is 11.4 Å². The summed E-state index contributed by atoms with van der Waals surface area (Å²) in [5, 5.41) is 2.37. The van der Waals surface area contributed by atoms with Gasteiger partial charge in [-0.3, -0.25) is 5.32 Å². The summed E-state index contributed by atoms with van der Waals surface area (Å²) < 4.78 is 0. The van der Waals surface area contributed by atoms with Crippen LogP contribution in [0.2, 0.25) is 0 Å². The van der Waals surface area contributed by atoms with Gasteiger partial charge in [0.15, 0.2) is 0 Å². The van der Waals surface area contributed by atoms with Crippen LogP contribution in [-0.4, -0.2) is 0 Å². The summed E-state index contributed by atoms with van der Waals surface area (Å²) in [5.74, 6) is 0. The fourth-order valence-electron chi connectivity index (χ4n) is 4.02. The third kappa shape index (κ3) is 3.62. The topological polar surface area (TPSA) is 16.6 Å². The summed E-state index contributed by atoms with van der Waals surface area (Å²) in [5.41, 5.74) is 11.6. The Morgan fingerprint density at radius 3 is 1.43 bits per heavy atom. The van der Waals surface area contributed by atoms with Crippen LogP contribution >= 0.6 is 0 Å². The Hall–Kier alpha value is -3.16. The Bertz CT molecular complexity index is 1010. The van der Waals surface area contributed by atoms with Gasteiger partial charge in [-0.25, -0.2) is 0 Å². The zero-order chi connectivity index (χ0) is 19.5. The maximum atomic E-state index is 2.37. The summed E-state index contributed by atoms with van der Waals surface area (Å²) in [6, 6.07) is 32.5. The van der Waals surface area contributed by atoms with Crippen LogP contribution in [0.5, 0.6) is 0 Å². The van der Waals surface area contributed by atoms with Gasteiger partial charge in [-0.05, 0) is 44.0 Å². The van der Waals surface area contributed by atoms with Gasteiger partial charge in [0.05, 0.1) is 0 Å². The third-order valence-corrected chi connectivity index (χ3v) is 5.30. The fraction of sp³-hybridized carbons (Fsp3) is 0.111. The van der Waals surface area contributed by atoms with E-state index in [-0.39, 0.29) is 0 Å². The molecule has 0 amide bonds. The number of hydrogen-bond donors (Lipinski definition) is 1. The zero-order valence-electron chi connectivity index (χ0n) is 16.7. The van der Waals surface area contributed by atoms with Crippen molar-refractivity contribution in [1.82, 2.24) is 0 Å². The first-order valence-electron chi connectivity index (χ1n) is 9.80. The molecule has 0 fully saturated rings. The Labute approximate surface area is 167 Å². The first kappa shape index (κ1) is 18.2. The number of rotatable bonds is 4. The number of benzene rings is 4. The summed E-state index contributed by atoms with van der Waals surface area (Å²) in [6.45, 7) is 6.58. The highest BCUT2D eigenvalue weighted by Gasteiger charge is 2.18. The number of hydrogen-bond acceptors (Lipinski definition) is 0. The molecule has 4 rings (SSSR count). The van der Waals surface area contributed by atoms with Crippen LogP contribution in [0.1, 0.15) is 16.7 Å². The highest BCUT2D eigenvalue weighted by atomic mass is 14.9. The van der Waals surface area contributed by atoms with Gasteiger partial charge in [-0.15, -0.1) is 0 Å². The molecule has 1 heteroatoms. The molecule has 0 atom stereocenters. The van der Waals surface area contributed by atoms with Crippen molar-refractivity contribution in [2.45, 2.75) is 20.8 Å². The smallest absolute Gasteiger partial charge is 0.150 e. The van der Waals surface area contributed by atoms with Gasteiger partial charge in [0.25, 0.3) is 0 Å². The quantitative estimate of drug-likeness (QED) is 0.400. The standard InChI is InChI=1S/C27H25N/c1-19-17-20(2)26(21(3)18-19)28-27-24(22-11-6-4-7-12-22)15-10-16-25(27)23-13-8-5-9-14-23/h4-18,28H,1-3H3/p+1. The minimum absolute atomic E-state index is 1.24. The van der Waals surface area contributed by atoms with E-state index in [0.717, 1.165) is 0 Å². The number of nitrogens with two attached hydrogens (primary N) is 1. The maximum absolute atomic E-state index is 2.37. The van der Waals surface area contributed by atoms with Crippen molar-refractivity contribution < 1.29 is 5.32 Å². The lowest BCUT2D eigenvalue weighted by Crippen LogP contribution is -2.72. The lowest BCUT2D eigenvalue weighted by molar-refractivity contribution is -0.478. The molecule has 0 saturated heterocycles. The second-order valence-corrected chi connectivity index (χ2v) is 7.46. The van der Waals surface area contributed by atoms with Gasteiger partial charge in [-0.2, -0.15) is 0 Å². The molecule has 4 aromatic rings. The number of quaternary nitrogens is 1. The Kier molecular flexibility index (Phi) is 5.10. The van der Waals surface area contributed by atoms with E-state index in [0.29, 0.717) is 0 Å². The van der Waals surface area contributed by atoms with Gasteiger partial charge < -0.3 is 0 Å². The molecule has 0 aliphatic rings. The molecule has 0 aromatic heterocycles. The van der Waals surface area contributed by atoms with E-state index in [2.05, 4.69) is 117 Å². The summed E-state index contributed by atoms with van der Waals surface area (Å²) >= 11 is 0. The molecule has 1 nitrogen and oxygen atoms in total. The molecule has 0 bridgehead atoms. The molecule has 2 N–H and O–H groups in total. The predicted octanol–water partition coefficient (Wildman–Crippen LogP) is 6.47. The van der Waals surface area contributed by atoms with Crippen LogP contribution in [0, 0.1) is 20.8 Å². The molecule has 4 aromatic carbocycles. The Balaban J connectivity index is 1.93. The molecule has 0 saturated carbocycles. The molecule has 0 radical (unpaired) electrons. The minimum Gasteiger partial charge on any atom is -0.280 e. The van der Waals surface area contributed by atoms with Gasteiger partial charge in [0.2, 0.25) is 0 Å². The normalized spacial score (nSPS) is 10.8. The highest BCUT2D eigenvalue weighted by Crippen LogP contribution is 2.35. The lowest BCUT2D eigenvalue weighted by atomic mass is 9.95. The van der Waals surface area contributed by atoms with Crippen molar-refractivity contribution in [3.05, 3.63) is 108 Å². The molecule has 0 unspecified atom stereocenters. The molecule has 0 aliphatic heterocycles. The van der Waals surface area contributed by atoms with E-state index in [1.165, 1.54) is 50.3 Å². The summed E-state index contributed by atoms with van der Waals surface area (Å²) in [6.07, 6.45) is 0. The predicted molar refractivity (Wildman–Crippen MR) is 119 cm³/mol. The number of aryl methyl sites for hydroxylation is 3. The Morgan fingerprint density at radius 2 is 0.964 bits per heavy atom. The van der Waals surface area contributed by atoms with Crippen LogP contribution in [-0.2, 0) is 0 Å². The van der Waals surface area contributed by atoms with Crippen LogP contribution in [0.15, 0.2) is 91.0 Å². The van der Waals surface area contributed by atoms with Gasteiger partial charge in [-0.1, -0.05) is 84.4 Å². The average Bonchev–Trinajstić information content (AvgIpc) is 2.72. The largest absolute Gasteiger partial charge is 0.280 e. The monoisotopic (exact) mass is 364 g/mol. The lowest BCUT2D eigenvalue weighted by Gasteiger charge is -2.16. The molecule has 28 heavy (non-hydrogen) atoms. The van der Waals surface area contributed by atoms with Gasteiger partial charge >= 0.3 is 0 Å². The van der Waals surface area contributed by atoms with Crippen LogP contribution in [0.3, 0.4) is 0 Å². The zero-order valence-corrected chi connectivity index (χ0v) is 16.7. The van der Waals surface area contributed by atoms with Crippen molar-refractivity contribution in [1.29, 1.82) is 0 Å². The Morgan fingerprint density at radius 1 is 0.500 bits per heavy atom. The van der Waals surface area contributed by atoms with E-state index in [9.17, 15) is 0 Å². The first-order valence-corrected chi connectivity index (χ1v) is 9.80. The first-order chi connectivity index (χ1) is 13.6. The van der Waals surface area contributed by atoms with Gasteiger partial charge in [0, 0.05) is 22.3 Å². The van der Waals surface area contributed by atoms with Crippen molar-refractivity contribution in [2.75, 3.05) is 0 Å². The summed E-state index contributed by atoms with van der Waals surface area (Å²) in [7, 11) is 0. The SMILES string of the molecule is Cc1cc(C)c([NH2+]c2c(-c3ccccc3)cccc2-c2ccccc2)c(C)c1. The molecular weight excluding hydrogens is 338 g/mol. The van der Waals surface area contributed by atoms with Gasteiger partial charge in [0.1, 0.15) is 11.4 Å². The van der Waals surface area contributed by atoms with E-state index < -0.39 is 0 Å². The van der Waals surface area contributed by atoms with Crippen molar-refractivity contribution in [3.63, 3.8) is 0 Å². The summed E-state index contributed by atoms with van der Waals surface area (Å²) in [4.78, 5) is 0. The van der Waals surface area contributed by atoms with Crippen molar-refractivity contribution in [2.24, 2.45) is 0 Å². The van der Waals surface area contributed by atoms with E-state index >= 15 is 0 Å². The third-order valence-electron chi connectivity index (χ3n) is 5.30. The van der Waals surface area contributed by atoms with E-state index in [4.69, 9.17) is 0 Å². The van der Waals surface area contributed by atoms with E-state index in [1.807, 2.05) is 0 Å². The second-order valence-electron chi connectivity index (χ2n) is 7.46. The van der Waals surface area contributed by atoms with Crippen molar-refractivity contribution in [3.8, 4) is 22.3 Å². The average molecular weight is 365 g/mol. The maximum Gasteiger partial charge on any atom is 0.150 e. The molecular formula is C27H26N+.